The minimum atomic E-state index is -4.09. The van der Waals surface area contributed by atoms with E-state index in [1.807, 2.05) is 0 Å². The molecule has 25 heavy (non-hydrogen) atoms. The first kappa shape index (κ1) is 18.8. The maximum atomic E-state index is 12.3. The number of para-hydroxylation sites is 1. The van der Waals surface area contributed by atoms with E-state index in [1.54, 1.807) is 39.0 Å². The van der Waals surface area contributed by atoms with Gasteiger partial charge in [-0.1, -0.05) is 18.2 Å². The average molecular weight is 371 g/mol. The van der Waals surface area contributed by atoms with Gasteiger partial charge in [0.05, 0.1) is 12.2 Å². The Labute approximate surface area is 146 Å². The van der Waals surface area contributed by atoms with Crippen LogP contribution >= 0.6 is 0 Å². The van der Waals surface area contributed by atoms with E-state index in [0.29, 0.717) is 9.87 Å². The molecule has 0 aliphatic carbocycles. The van der Waals surface area contributed by atoms with Crippen LogP contribution in [-0.4, -0.2) is 43.7 Å². The fraction of sp³-hybridized carbons (Fsp3) is 0.467. The number of hydrogen-bond donors (Lipinski definition) is 2. The number of rotatable bonds is 5. The third kappa shape index (κ3) is 5.24. The van der Waals surface area contributed by atoms with Crippen LogP contribution < -0.4 is 10.0 Å². The van der Waals surface area contributed by atoms with Crippen LogP contribution in [0, 0.1) is 0 Å². The van der Waals surface area contributed by atoms with Crippen LogP contribution in [0.2, 0.25) is 0 Å². The largest absolute Gasteiger partial charge is 0.447 e. The fourth-order valence-electron chi connectivity index (χ4n) is 2.05. The first-order chi connectivity index (χ1) is 11.6. The highest BCUT2D eigenvalue weighted by atomic mass is 32.2. The van der Waals surface area contributed by atoms with E-state index in [-0.39, 0.29) is 25.4 Å². The standard InChI is InChI=1S/C15H21N3O6S/c1-15(2,3)24-13(19)16-10-11-6-4-5-7-12(11)17-25(21,22)18-8-9-23-14(18)20/h4-7,17H,8-10H2,1-3H3,(H,16,19). The number of amides is 2. The van der Waals surface area contributed by atoms with Crippen molar-refractivity contribution >= 4 is 28.1 Å². The second-order valence-electron chi connectivity index (χ2n) is 6.31. The van der Waals surface area contributed by atoms with E-state index in [9.17, 15) is 18.0 Å². The molecule has 1 aromatic rings. The Morgan fingerprint density at radius 3 is 2.60 bits per heavy atom. The quantitative estimate of drug-likeness (QED) is 0.816. The van der Waals surface area contributed by atoms with Crippen molar-refractivity contribution in [3.63, 3.8) is 0 Å². The molecule has 2 rings (SSSR count). The molecule has 1 saturated heterocycles. The van der Waals surface area contributed by atoms with Crippen LogP contribution in [0.1, 0.15) is 26.3 Å². The molecule has 1 aliphatic rings. The van der Waals surface area contributed by atoms with Crippen molar-refractivity contribution < 1.29 is 27.5 Å². The van der Waals surface area contributed by atoms with Crippen LogP contribution in [0.25, 0.3) is 0 Å². The molecule has 138 valence electrons. The zero-order valence-corrected chi connectivity index (χ0v) is 15.1. The van der Waals surface area contributed by atoms with Gasteiger partial charge >= 0.3 is 22.4 Å². The predicted octanol–water partition coefficient (Wildman–Crippen LogP) is 1.82. The summed E-state index contributed by atoms with van der Waals surface area (Å²) >= 11 is 0. The van der Waals surface area contributed by atoms with Crippen LogP contribution in [0.5, 0.6) is 0 Å². The Morgan fingerprint density at radius 1 is 1.32 bits per heavy atom. The number of nitrogens with one attached hydrogen (secondary N) is 2. The van der Waals surface area contributed by atoms with Gasteiger partial charge in [0.25, 0.3) is 0 Å². The molecule has 10 heteroatoms. The van der Waals surface area contributed by atoms with Gasteiger partial charge in [0.1, 0.15) is 12.2 Å². The molecule has 2 N–H and O–H groups in total. The number of alkyl carbamates (subject to hydrolysis) is 1. The van der Waals surface area contributed by atoms with E-state index in [4.69, 9.17) is 4.74 Å². The van der Waals surface area contributed by atoms with Crippen molar-refractivity contribution in [1.29, 1.82) is 0 Å². The topological polar surface area (TPSA) is 114 Å². The second-order valence-corrected chi connectivity index (χ2v) is 7.90. The number of hydrogen-bond acceptors (Lipinski definition) is 6. The lowest BCUT2D eigenvalue weighted by Gasteiger charge is -2.20. The lowest BCUT2D eigenvalue weighted by molar-refractivity contribution is 0.0523. The predicted molar refractivity (Wildman–Crippen MR) is 90.1 cm³/mol. The molecule has 0 saturated carbocycles. The van der Waals surface area contributed by atoms with E-state index in [1.165, 1.54) is 6.07 Å². The van der Waals surface area contributed by atoms with Crippen molar-refractivity contribution in [3.05, 3.63) is 29.8 Å². The first-order valence-corrected chi connectivity index (χ1v) is 9.04. The normalized spacial score (nSPS) is 14.8. The maximum Gasteiger partial charge on any atom is 0.425 e. The molecule has 9 nitrogen and oxygen atoms in total. The summed E-state index contributed by atoms with van der Waals surface area (Å²) in [5, 5.41) is 2.56. The summed E-state index contributed by atoms with van der Waals surface area (Å²) in [4.78, 5) is 23.2. The lowest BCUT2D eigenvalue weighted by Crippen LogP contribution is -2.37. The molecule has 0 spiro atoms. The van der Waals surface area contributed by atoms with E-state index in [2.05, 4.69) is 14.8 Å². The number of nitrogens with zero attached hydrogens (tertiary/aromatic N) is 1. The summed E-state index contributed by atoms with van der Waals surface area (Å²) in [6.07, 6.45) is -1.54. The van der Waals surface area contributed by atoms with Gasteiger partial charge in [-0.05, 0) is 32.4 Å². The van der Waals surface area contributed by atoms with Crippen LogP contribution in [-0.2, 0) is 26.2 Å². The fourth-order valence-corrected chi connectivity index (χ4v) is 3.20. The Hall–Kier alpha value is -2.49. The molecular weight excluding hydrogens is 350 g/mol. The van der Waals surface area contributed by atoms with Gasteiger partial charge < -0.3 is 14.8 Å². The first-order valence-electron chi connectivity index (χ1n) is 7.60. The number of cyclic esters (lactones) is 1. The summed E-state index contributed by atoms with van der Waals surface area (Å²) in [6.45, 7) is 5.24. The summed E-state index contributed by atoms with van der Waals surface area (Å²) in [6, 6.07) is 6.52. The highest BCUT2D eigenvalue weighted by molar-refractivity contribution is 7.90. The molecule has 0 bridgehead atoms. The average Bonchev–Trinajstić information content (AvgIpc) is 2.91. The number of carbonyl (C=O) groups excluding carboxylic acids is 2. The Kier molecular flexibility index (Phi) is 5.41. The summed E-state index contributed by atoms with van der Waals surface area (Å²) < 4.78 is 37.3. The van der Waals surface area contributed by atoms with Crippen molar-refractivity contribution in [3.8, 4) is 0 Å². The second kappa shape index (κ2) is 7.18. The minimum Gasteiger partial charge on any atom is -0.447 e. The zero-order valence-electron chi connectivity index (χ0n) is 14.2. The third-order valence-electron chi connectivity index (χ3n) is 3.09. The molecule has 0 unspecified atom stereocenters. The zero-order chi connectivity index (χ0) is 18.7. The van der Waals surface area contributed by atoms with Gasteiger partial charge in [0.15, 0.2) is 0 Å². The maximum absolute atomic E-state index is 12.3. The van der Waals surface area contributed by atoms with Crippen molar-refractivity contribution in [2.75, 3.05) is 17.9 Å². The molecule has 0 aromatic heterocycles. The number of benzene rings is 1. The van der Waals surface area contributed by atoms with Crippen LogP contribution in [0.4, 0.5) is 15.3 Å². The Morgan fingerprint density at radius 2 is 2.00 bits per heavy atom. The van der Waals surface area contributed by atoms with Gasteiger partial charge in [-0.25, -0.2) is 9.59 Å². The van der Waals surface area contributed by atoms with E-state index < -0.39 is 28.0 Å². The molecule has 1 aliphatic heterocycles. The van der Waals surface area contributed by atoms with Crippen molar-refractivity contribution in [1.82, 2.24) is 9.62 Å². The number of anilines is 1. The number of carbonyl (C=O) groups is 2. The Bertz CT molecular complexity index is 757. The van der Waals surface area contributed by atoms with Crippen molar-refractivity contribution in [2.24, 2.45) is 0 Å². The molecule has 1 fully saturated rings. The van der Waals surface area contributed by atoms with Gasteiger partial charge in [-0.3, -0.25) is 4.72 Å². The Balaban J connectivity index is 2.08. The SMILES string of the molecule is CC(C)(C)OC(=O)NCc1ccccc1NS(=O)(=O)N1CCOC1=O. The van der Waals surface area contributed by atoms with Gasteiger partial charge in [0.2, 0.25) is 0 Å². The highest BCUT2D eigenvalue weighted by Gasteiger charge is 2.33. The molecule has 1 aromatic carbocycles. The van der Waals surface area contributed by atoms with Crippen molar-refractivity contribution in [2.45, 2.75) is 32.9 Å². The van der Waals surface area contributed by atoms with E-state index in [0.717, 1.165) is 0 Å². The van der Waals surface area contributed by atoms with Gasteiger partial charge in [-0.15, -0.1) is 0 Å². The molecule has 1 heterocycles. The monoisotopic (exact) mass is 371 g/mol. The van der Waals surface area contributed by atoms with Crippen LogP contribution in [0.15, 0.2) is 24.3 Å². The molecule has 0 atom stereocenters. The summed E-state index contributed by atoms with van der Waals surface area (Å²) in [5.74, 6) is 0. The third-order valence-corrected chi connectivity index (χ3v) is 4.48. The van der Waals surface area contributed by atoms with Gasteiger partial charge in [-0.2, -0.15) is 12.7 Å². The molecule has 2 amide bonds. The summed E-state index contributed by atoms with van der Waals surface area (Å²) in [5.41, 5.74) is 0.129. The van der Waals surface area contributed by atoms with Gasteiger partial charge in [0, 0.05) is 6.54 Å². The minimum absolute atomic E-state index is 0.0155. The summed E-state index contributed by atoms with van der Waals surface area (Å²) in [7, 11) is -4.09. The molecular formula is C15H21N3O6S. The van der Waals surface area contributed by atoms with Crippen LogP contribution in [0.3, 0.4) is 0 Å². The highest BCUT2D eigenvalue weighted by Crippen LogP contribution is 2.19. The van der Waals surface area contributed by atoms with E-state index >= 15 is 0 Å². The lowest BCUT2D eigenvalue weighted by atomic mass is 10.2. The number of ether oxygens (including phenoxy) is 2. The molecule has 0 radical (unpaired) electrons. The smallest absolute Gasteiger partial charge is 0.425 e.